The molecule has 0 aliphatic rings. The van der Waals surface area contributed by atoms with Gasteiger partial charge in [0.2, 0.25) is 0 Å². The summed E-state index contributed by atoms with van der Waals surface area (Å²) in [5, 5.41) is 10.8. The van der Waals surface area contributed by atoms with E-state index in [1.165, 1.54) is 24.4 Å². The monoisotopic (exact) mass is 395 g/mol. The number of ketones is 1. The normalized spacial score (nSPS) is 11.1. The van der Waals surface area contributed by atoms with Gasteiger partial charge in [0.05, 0.1) is 16.5 Å². The average molecular weight is 396 g/mol. The van der Waals surface area contributed by atoms with E-state index in [9.17, 15) is 14.7 Å². The number of carbonyl (C=O) groups excluding carboxylic acids is 1. The summed E-state index contributed by atoms with van der Waals surface area (Å²) in [5.41, 5.74) is 0.669. The van der Waals surface area contributed by atoms with Crippen LogP contribution in [0.1, 0.15) is 15.9 Å². The van der Waals surface area contributed by atoms with Crippen LogP contribution in [-0.2, 0) is 0 Å². The van der Waals surface area contributed by atoms with Gasteiger partial charge in [-0.15, -0.1) is 0 Å². The maximum atomic E-state index is 12.6. The number of halogens is 1. The van der Waals surface area contributed by atoms with E-state index in [4.69, 9.17) is 4.42 Å². The number of para-hydroxylation sites is 1. The van der Waals surface area contributed by atoms with Gasteiger partial charge in [0.15, 0.2) is 5.78 Å². The highest BCUT2D eigenvalue weighted by molar-refractivity contribution is 9.10. The zero-order valence-electron chi connectivity index (χ0n) is 12.7. The minimum Gasteiger partial charge on any atom is -0.507 e. The maximum absolute atomic E-state index is 12.6. The van der Waals surface area contributed by atoms with Crippen LogP contribution < -0.4 is 5.63 Å². The van der Waals surface area contributed by atoms with Gasteiger partial charge in [-0.2, -0.15) is 0 Å². The van der Waals surface area contributed by atoms with Gasteiger partial charge in [0, 0.05) is 21.6 Å². The second-order valence-corrected chi connectivity index (χ2v) is 6.41. The van der Waals surface area contributed by atoms with Crippen molar-refractivity contribution in [2.75, 3.05) is 0 Å². The van der Waals surface area contributed by atoms with Gasteiger partial charge in [-0.25, -0.2) is 4.79 Å². The SMILES string of the molecule is O=C(c1cnc2c(c1)c(=O)oc1cc(Br)ccc12)c1ccccc1O. The molecule has 0 saturated heterocycles. The van der Waals surface area contributed by atoms with Crippen molar-refractivity contribution in [1.82, 2.24) is 4.98 Å². The number of fused-ring (bicyclic) bond motifs is 3. The summed E-state index contributed by atoms with van der Waals surface area (Å²) < 4.78 is 6.12. The van der Waals surface area contributed by atoms with E-state index in [2.05, 4.69) is 20.9 Å². The Morgan fingerprint density at radius 3 is 2.68 bits per heavy atom. The zero-order chi connectivity index (χ0) is 17.6. The third kappa shape index (κ3) is 2.60. The van der Waals surface area contributed by atoms with E-state index >= 15 is 0 Å². The van der Waals surface area contributed by atoms with Gasteiger partial charge in [0.25, 0.3) is 0 Å². The number of phenols is 1. The molecule has 4 rings (SSSR count). The molecule has 25 heavy (non-hydrogen) atoms. The number of pyridine rings is 1. The zero-order valence-corrected chi connectivity index (χ0v) is 14.3. The Morgan fingerprint density at radius 1 is 1.08 bits per heavy atom. The molecule has 0 fully saturated rings. The Bertz CT molecular complexity index is 1210. The summed E-state index contributed by atoms with van der Waals surface area (Å²) >= 11 is 3.33. The van der Waals surface area contributed by atoms with Crippen molar-refractivity contribution in [2.45, 2.75) is 0 Å². The molecule has 0 unspecified atom stereocenters. The number of hydrogen-bond acceptors (Lipinski definition) is 5. The van der Waals surface area contributed by atoms with Crippen LogP contribution in [0.15, 0.2) is 68.4 Å². The van der Waals surface area contributed by atoms with E-state index in [0.717, 1.165) is 4.47 Å². The molecule has 1 N–H and O–H groups in total. The molecule has 6 heteroatoms. The molecule has 4 aromatic rings. The molecule has 122 valence electrons. The lowest BCUT2D eigenvalue weighted by Gasteiger charge is -2.06. The van der Waals surface area contributed by atoms with Crippen LogP contribution in [0.5, 0.6) is 5.75 Å². The summed E-state index contributed by atoms with van der Waals surface area (Å²) in [4.78, 5) is 29.2. The summed E-state index contributed by atoms with van der Waals surface area (Å²) in [6, 6.07) is 13.0. The second kappa shape index (κ2) is 5.82. The van der Waals surface area contributed by atoms with Gasteiger partial charge < -0.3 is 9.52 Å². The van der Waals surface area contributed by atoms with Crippen LogP contribution in [0, 0.1) is 0 Å². The molecular formula is C19H10BrNO4. The van der Waals surface area contributed by atoms with Crippen molar-refractivity contribution in [3.05, 3.63) is 80.7 Å². The largest absolute Gasteiger partial charge is 0.507 e. The predicted molar refractivity (Wildman–Crippen MR) is 97.0 cm³/mol. The highest BCUT2D eigenvalue weighted by Crippen LogP contribution is 2.26. The fraction of sp³-hybridized carbons (Fsp3) is 0. The smallest absolute Gasteiger partial charge is 0.345 e. The van der Waals surface area contributed by atoms with Gasteiger partial charge in [0.1, 0.15) is 11.3 Å². The van der Waals surface area contributed by atoms with Gasteiger partial charge in [-0.05, 0) is 36.4 Å². The molecular weight excluding hydrogens is 386 g/mol. The van der Waals surface area contributed by atoms with E-state index < -0.39 is 11.4 Å². The first-order valence-electron chi connectivity index (χ1n) is 7.39. The van der Waals surface area contributed by atoms with Gasteiger partial charge in [-0.3, -0.25) is 9.78 Å². The quantitative estimate of drug-likeness (QED) is 0.314. The molecule has 5 nitrogen and oxygen atoms in total. The summed E-state index contributed by atoms with van der Waals surface area (Å²) in [7, 11) is 0. The topological polar surface area (TPSA) is 80.4 Å². The molecule has 0 amide bonds. The number of phenolic OH excluding ortho intramolecular Hbond substituents is 1. The molecule has 0 bridgehead atoms. The molecule has 0 spiro atoms. The number of nitrogens with zero attached hydrogens (tertiary/aromatic N) is 1. The molecule has 2 aromatic heterocycles. The lowest BCUT2D eigenvalue weighted by atomic mass is 10.0. The maximum Gasteiger partial charge on any atom is 0.345 e. The lowest BCUT2D eigenvalue weighted by molar-refractivity contribution is 0.103. The minimum absolute atomic E-state index is 0.122. The fourth-order valence-corrected chi connectivity index (χ4v) is 3.05. The molecule has 0 atom stereocenters. The van der Waals surface area contributed by atoms with Crippen molar-refractivity contribution in [1.29, 1.82) is 0 Å². The minimum atomic E-state index is -0.569. The van der Waals surface area contributed by atoms with Crippen molar-refractivity contribution >= 4 is 43.6 Å². The Kier molecular flexibility index (Phi) is 3.62. The van der Waals surface area contributed by atoms with Crippen LogP contribution in [0.4, 0.5) is 0 Å². The lowest BCUT2D eigenvalue weighted by Crippen LogP contribution is -2.06. The Balaban J connectivity index is 1.94. The first-order valence-corrected chi connectivity index (χ1v) is 8.19. The molecule has 0 aliphatic carbocycles. The Hall–Kier alpha value is -2.99. The van der Waals surface area contributed by atoms with Crippen molar-refractivity contribution in [2.24, 2.45) is 0 Å². The van der Waals surface area contributed by atoms with Gasteiger partial charge in [-0.1, -0.05) is 28.1 Å². The van der Waals surface area contributed by atoms with Crippen molar-refractivity contribution in [3.8, 4) is 5.75 Å². The van der Waals surface area contributed by atoms with E-state index in [0.29, 0.717) is 16.5 Å². The predicted octanol–water partition coefficient (Wildman–Crippen LogP) is 4.04. The summed E-state index contributed by atoms with van der Waals surface area (Å²) in [6.45, 7) is 0. The van der Waals surface area contributed by atoms with E-state index in [1.807, 2.05) is 6.07 Å². The number of hydrogen-bond donors (Lipinski definition) is 1. The van der Waals surface area contributed by atoms with Crippen LogP contribution in [-0.4, -0.2) is 15.9 Å². The highest BCUT2D eigenvalue weighted by Gasteiger charge is 2.16. The van der Waals surface area contributed by atoms with Gasteiger partial charge >= 0.3 is 5.63 Å². The highest BCUT2D eigenvalue weighted by atomic mass is 79.9. The number of benzene rings is 2. The van der Waals surface area contributed by atoms with Crippen LogP contribution in [0.2, 0.25) is 0 Å². The van der Waals surface area contributed by atoms with Crippen LogP contribution in [0.25, 0.3) is 21.9 Å². The van der Waals surface area contributed by atoms with E-state index in [-0.39, 0.29) is 22.3 Å². The van der Waals surface area contributed by atoms with Crippen LogP contribution in [0.3, 0.4) is 0 Å². The van der Waals surface area contributed by atoms with Crippen LogP contribution >= 0.6 is 15.9 Å². The van der Waals surface area contributed by atoms with Crippen molar-refractivity contribution < 1.29 is 14.3 Å². The number of rotatable bonds is 2. The molecule has 0 saturated carbocycles. The number of aromatic hydroxyl groups is 1. The van der Waals surface area contributed by atoms with Crippen molar-refractivity contribution in [3.63, 3.8) is 0 Å². The second-order valence-electron chi connectivity index (χ2n) is 5.50. The fourth-order valence-electron chi connectivity index (χ4n) is 2.71. The Labute approximate surface area is 149 Å². The third-order valence-electron chi connectivity index (χ3n) is 3.92. The third-order valence-corrected chi connectivity index (χ3v) is 4.41. The average Bonchev–Trinajstić information content (AvgIpc) is 2.61. The number of carbonyl (C=O) groups is 1. The molecule has 0 aliphatic heterocycles. The molecule has 2 aromatic carbocycles. The standard InChI is InChI=1S/C19H10BrNO4/c20-11-5-6-13-16(8-11)25-19(24)14-7-10(9-21-17(13)14)18(23)12-3-1-2-4-15(12)22/h1-9,22H. The summed E-state index contributed by atoms with van der Waals surface area (Å²) in [6.07, 6.45) is 1.40. The first kappa shape index (κ1) is 15.5. The molecule has 2 heterocycles. The Morgan fingerprint density at radius 2 is 1.88 bits per heavy atom. The summed E-state index contributed by atoms with van der Waals surface area (Å²) in [5.74, 6) is -0.536. The molecule has 0 radical (unpaired) electrons. The number of aromatic nitrogens is 1. The first-order chi connectivity index (χ1) is 12.0. The van der Waals surface area contributed by atoms with E-state index in [1.54, 1.807) is 24.3 Å².